The van der Waals surface area contributed by atoms with Crippen molar-refractivity contribution in [2.45, 2.75) is 0 Å². The Morgan fingerprint density at radius 3 is 2.64 bits per heavy atom. The normalized spacial score (nSPS) is 11.0. The summed E-state index contributed by atoms with van der Waals surface area (Å²) < 4.78 is 7.08. The lowest BCUT2D eigenvalue weighted by atomic mass is 10.1. The number of fused-ring (bicyclic) bond motifs is 1. The zero-order chi connectivity index (χ0) is 18.9. The van der Waals surface area contributed by atoms with E-state index >= 15 is 0 Å². The van der Waals surface area contributed by atoms with E-state index in [0.29, 0.717) is 16.6 Å². The molecule has 2 aromatic carbocycles. The molecule has 1 N–H and O–H groups in total. The summed E-state index contributed by atoms with van der Waals surface area (Å²) in [5.74, 6) is 1.96. The summed E-state index contributed by atoms with van der Waals surface area (Å²) in [5.41, 5.74) is 2.13. The molecule has 0 amide bonds. The van der Waals surface area contributed by atoms with Gasteiger partial charge in [-0.2, -0.15) is 5.21 Å². The Labute approximate surface area is 168 Å². The third-order valence-electron chi connectivity index (χ3n) is 4.22. The molecule has 5 rings (SSSR count). The Hall–Kier alpha value is -3.29. The van der Waals surface area contributed by atoms with E-state index in [2.05, 4.69) is 25.6 Å². The average Bonchev–Trinajstić information content (AvgIpc) is 3.39. The van der Waals surface area contributed by atoms with E-state index in [4.69, 9.17) is 16.3 Å². The maximum Gasteiger partial charge on any atom is 0.214 e. The third-order valence-corrected chi connectivity index (χ3v) is 5.52. The first kappa shape index (κ1) is 16.9. The Kier molecular flexibility index (Phi) is 4.23. The van der Waals surface area contributed by atoms with E-state index in [1.807, 2.05) is 54.6 Å². The number of nitrogens with one attached hydrogen (secondary N) is 1. The first-order valence-corrected chi connectivity index (χ1v) is 9.61. The molecule has 0 spiro atoms. The molecule has 0 saturated heterocycles. The number of aromatic nitrogens is 5. The van der Waals surface area contributed by atoms with Crippen LogP contribution >= 0.6 is 22.9 Å². The van der Waals surface area contributed by atoms with Crippen LogP contribution in [0, 0.1) is 0 Å². The predicted octanol–water partition coefficient (Wildman–Crippen LogP) is 5.59. The maximum absolute atomic E-state index is 6.09. The Balaban J connectivity index is 1.45. The van der Waals surface area contributed by atoms with Crippen LogP contribution in [-0.4, -0.2) is 25.6 Å². The number of pyridine rings is 1. The summed E-state index contributed by atoms with van der Waals surface area (Å²) in [6, 6.07) is 17.6. The van der Waals surface area contributed by atoms with Crippen LogP contribution in [0.5, 0.6) is 11.5 Å². The van der Waals surface area contributed by atoms with Gasteiger partial charge in [0.05, 0.1) is 15.8 Å². The molecule has 0 atom stereocenters. The van der Waals surface area contributed by atoms with Crippen LogP contribution in [0.1, 0.15) is 0 Å². The monoisotopic (exact) mass is 405 g/mol. The number of benzene rings is 2. The van der Waals surface area contributed by atoms with Gasteiger partial charge in [0.15, 0.2) is 5.75 Å². The van der Waals surface area contributed by atoms with Gasteiger partial charge >= 0.3 is 0 Å². The lowest BCUT2D eigenvalue weighted by molar-refractivity contribution is 0.486. The van der Waals surface area contributed by atoms with Gasteiger partial charge in [0.25, 0.3) is 0 Å². The van der Waals surface area contributed by atoms with Gasteiger partial charge in [-0.05, 0) is 46.7 Å². The smallest absolute Gasteiger partial charge is 0.214 e. The minimum Gasteiger partial charge on any atom is -0.455 e. The van der Waals surface area contributed by atoms with E-state index in [0.717, 1.165) is 31.8 Å². The summed E-state index contributed by atoms with van der Waals surface area (Å²) in [6.07, 6.45) is 3.51. The molecule has 3 heterocycles. The molecule has 8 heteroatoms. The second kappa shape index (κ2) is 7.03. The number of rotatable bonds is 4. The molecule has 136 valence electrons. The molecular weight excluding hydrogens is 394 g/mol. The number of tetrazole rings is 1. The highest BCUT2D eigenvalue weighted by molar-refractivity contribution is 7.22. The van der Waals surface area contributed by atoms with E-state index in [-0.39, 0.29) is 0 Å². The first-order valence-electron chi connectivity index (χ1n) is 8.41. The number of H-pyrrole nitrogens is 1. The summed E-state index contributed by atoms with van der Waals surface area (Å²) >= 11 is 7.62. The highest BCUT2D eigenvalue weighted by Crippen LogP contribution is 2.37. The molecule has 3 aromatic heterocycles. The van der Waals surface area contributed by atoms with E-state index < -0.39 is 0 Å². The van der Waals surface area contributed by atoms with Crippen molar-refractivity contribution in [2.24, 2.45) is 0 Å². The molecule has 0 aliphatic rings. The van der Waals surface area contributed by atoms with Crippen molar-refractivity contribution in [3.05, 3.63) is 72.0 Å². The predicted molar refractivity (Wildman–Crippen MR) is 110 cm³/mol. The fourth-order valence-electron chi connectivity index (χ4n) is 2.90. The van der Waals surface area contributed by atoms with Gasteiger partial charge in [-0.15, -0.1) is 21.5 Å². The van der Waals surface area contributed by atoms with Crippen LogP contribution in [0.2, 0.25) is 5.02 Å². The van der Waals surface area contributed by atoms with Crippen molar-refractivity contribution in [1.82, 2.24) is 25.6 Å². The molecule has 0 aliphatic carbocycles. The van der Waals surface area contributed by atoms with Gasteiger partial charge in [-0.25, -0.2) is 0 Å². The zero-order valence-electron chi connectivity index (χ0n) is 14.3. The quantitative estimate of drug-likeness (QED) is 0.421. The molecule has 6 nitrogen and oxygen atoms in total. The lowest BCUT2D eigenvalue weighted by Gasteiger charge is -2.08. The van der Waals surface area contributed by atoms with Crippen molar-refractivity contribution in [1.29, 1.82) is 0 Å². The Morgan fingerprint density at radius 2 is 1.86 bits per heavy atom. The number of hydrogen-bond acceptors (Lipinski definition) is 6. The molecule has 0 unspecified atom stereocenters. The van der Waals surface area contributed by atoms with Gasteiger partial charge in [-0.1, -0.05) is 35.9 Å². The third kappa shape index (κ3) is 3.21. The first-order chi connectivity index (χ1) is 13.8. The summed E-state index contributed by atoms with van der Waals surface area (Å²) in [6.45, 7) is 0. The highest BCUT2D eigenvalue weighted by atomic mass is 35.5. The minimum absolute atomic E-state index is 0.554. The Bertz CT molecular complexity index is 1250. The molecule has 0 saturated carbocycles. The van der Waals surface area contributed by atoms with Crippen molar-refractivity contribution < 1.29 is 4.74 Å². The zero-order valence-corrected chi connectivity index (χ0v) is 15.9. The molecule has 28 heavy (non-hydrogen) atoms. The number of nitrogens with zero attached hydrogens (tertiary/aromatic N) is 4. The number of thiophene rings is 1. The number of halogens is 1. The van der Waals surface area contributed by atoms with Crippen LogP contribution in [0.3, 0.4) is 0 Å². The van der Waals surface area contributed by atoms with Gasteiger partial charge in [0.2, 0.25) is 5.82 Å². The van der Waals surface area contributed by atoms with Crippen LogP contribution in [0.4, 0.5) is 0 Å². The van der Waals surface area contributed by atoms with Gasteiger partial charge < -0.3 is 4.74 Å². The average molecular weight is 406 g/mol. The molecular formula is C20H12ClN5OS. The molecule has 0 bridgehead atoms. The topological polar surface area (TPSA) is 76.6 Å². The maximum atomic E-state index is 6.09. The fraction of sp³-hybridized carbons (Fsp3) is 0. The summed E-state index contributed by atoms with van der Waals surface area (Å²) in [4.78, 5) is 5.19. The van der Waals surface area contributed by atoms with Crippen LogP contribution in [0.15, 0.2) is 67.0 Å². The second-order valence-corrected chi connectivity index (χ2v) is 7.55. The van der Waals surface area contributed by atoms with Crippen LogP contribution in [-0.2, 0) is 0 Å². The largest absolute Gasteiger partial charge is 0.455 e. The second-order valence-electron chi connectivity index (χ2n) is 6.03. The molecule has 0 aliphatic heterocycles. The highest BCUT2D eigenvalue weighted by Gasteiger charge is 2.12. The SMILES string of the molecule is Clc1cccc(-c2ccc(Oc3cncc4sc(-c5nn[nH]n5)cc34)cc2)c1. The van der Waals surface area contributed by atoms with Gasteiger partial charge in [0.1, 0.15) is 5.75 Å². The van der Waals surface area contributed by atoms with E-state index in [1.165, 1.54) is 0 Å². The molecule has 0 radical (unpaired) electrons. The molecule has 5 aromatic rings. The van der Waals surface area contributed by atoms with Crippen LogP contribution < -0.4 is 4.74 Å². The fourth-order valence-corrected chi connectivity index (χ4v) is 4.07. The van der Waals surface area contributed by atoms with E-state index in [1.54, 1.807) is 23.7 Å². The van der Waals surface area contributed by atoms with Crippen molar-refractivity contribution in [3.8, 4) is 33.3 Å². The lowest BCUT2D eigenvalue weighted by Crippen LogP contribution is -1.86. The Morgan fingerprint density at radius 1 is 0.964 bits per heavy atom. The summed E-state index contributed by atoms with van der Waals surface area (Å²) in [7, 11) is 0. The number of hydrogen-bond donors (Lipinski definition) is 1. The number of ether oxygens (including phenoxy) is 1. The molecule has 0 fully saturated rings. The van der Waals surface area contributed by atoms with Crippen molar-refractivity contribution in [2.75, 3.05) is 0 Å². The summed E-state index contributed by atoms with van der Waals surface area (Å²) in [5, 5.41) is 15.8. The van der Waals surface area contributed by atoms with E-state index in [9.17, 15) is 0 Å². The number of aromatic amines is 1. The van der Waals surface area contributed by atoms with Crippen molar-refractivity contribution in [3.63, 3.8) is 0 Å². The van der Waals surface area contributed by atoms with Crippen molar-refractivity contribution >= 4 is 33.0 Å². The van der Waals surface area contributed by atoms with Gasteiger partial charge in [-0.3, -0.25) is 4.98 Å². The standard InChI is InChI=1S/C20H12ClN5OS/c21-14-3-1-2-13(8-14)12-4-6-15(7-5-12)27-17-10-22-11-19-16(17)9-18(28-19)20-23-25-26-24-20/h1-11H,(H,23,24,25,26). The van der Waals surface area contributed by atoms with Gasteiger partial charge in [0, 0.05) is 16.6 Å². The van der Waals surface area contributed by atoms with Crippen LogP contribution in [0.25, 0.3) is 31.9 Å². The minimum atomic E-state index is 0.554.